The molecule has 0 aliphatic rings. The van der Waals surface area contributed by atoms with E-state index in [4.69, 9.17) is 14.2 Å². The van der Waals surface area contributed by atoms with Gasteiger partial charge in [0.1, 0.15) is 13.2 Å². The monoisotopic (exact) mass is 1060 g/mol. The van der Waals surface area contributed by atoms with Gasteiger partial charge in [0.25, 0.3) is 0 Å². The highest BCUT2D eigenvalue weighted by Crippen LogP contribution is 2.15. The topological polar surface area (TPSA) is 78.9 Å². The normalized spacial score (nSPS) is 13.2. The first-order chi connectivity index (χ1) is 38.0. The molecule has 0 aliphatic heterocycles. The maximum Gasteiger partial charge on any atom is 0.306 e. The molecule has 0 N–H and O–H groups in total. The van der Waals surface area contributed by atoms with E-state index in [0.717, 1.165) is 141 Å². The Kier molecular flexibility index (Phi) is 59.5. The predicted octanol–water partition coefficient (Wildman–Crippen LogP) is 21.3. The van der Waals surface area contributed by atoms with Crippen LogP contribution in [0.2, 0.25) is 0 Å². The van der Waals surface area contributed by atoms with E-state index in [1.807, 2.05) is 12.2 Å². The van der Waals surface area contributed by atoms with Crippen LogP contribution < -0.4 is 0 Å². The van der Waals surface area contributed by atoms with Crippen molar-refractivity contribution in [2.75, 3.05) is 13.2 Å². The fraction of sp³-hybridized carbons (Fsp3) is 0.592. The molecule has 1 atom stereocenters. The number of hydrogen-bond donors (Lipinski definition) is 0. The number of carbonyl (C=O) groups excluding carboxylic acids is 3. The van der Waals surface area contributed by atoms with E-state index in [1.54, 1.807) is 0 Å². The lowest BCUT2D eigenvalue weighted by atomic mass is 10.1. The van der Waals surface area contributed by atoms with Gasteiger partial charge in [-0.05, 0) is 128 Å². The molecule has 6 heteroatoms. The highest BCUT2D eigenvalue weighted by atomic mass is 16.6. The summed E-state index contributed by atoms with van der Waals surface area (Å²) >= 11 is 0. The first-order valence-electron chi connectivity index (χ1n) is 31.0. The van der Waals surface area contributed by atoms with E-state index in [1.165, 1.54) is 64.2 Å². The number of allylic oxidation sites excluding steroid dienone is 26. The van der Waals surface area contributed by atoms with E-state index in [0.29, 0.717) is 19.3 Å². The average molecular weight is 1060 g/mol. The Morgan fingerprint density at radius 2 is 0.494 bits per heavy atom. The number of unbranched alkanes of at least 4 members (excludes halogenated alkanes) is 17. The lowest BCUT2D eigenvalue weighted by molar-refractivity contribution is -0.166. The number of carbonyl (C=O) groups is 3. The van der Waals surface area contributed by atoms with Gasteiger partial charge in [-0.15, -0.1) is 0 Å². The van der Waals surface area contributed by atoms with Crippen LogP contribution in [0.1, 0.15) is 252 Å². The van der Waals surface area contributed by atoms with Crippen LogP contribution in [0.15, 0.2) is 158 Å². The first kappa shape index (κ1) is 72.0. The summed E-state index contributed by atoms with van der Waals surface area (Å²) in [4.78, 5) is 38.2. The third-order valence-corrected chi connectivity index (χ3v) is 12.5. The molecule has 0 fully saturated rings. The Morgan fingerprint density at radius 3 is 0.805 bits per heavy atom. The highest BCUT2D eigenvalue weighted by molar-refractivity contribution is 5.71. The van der Waals surface area contributed by atoms with E-state index in [9.17, 15) is 14.4 Å². The molecular weight excluding hydrogens is 949 g/mol. The second kappa shape index (κ2) is 63.6. The van der Waals surface area contributed by atoms with Crippen molar-refractivity contribution in [2.24, 2.45) is 0 Å². The molecular formula is C71H112O6. The smallest absolute Gasteiger partial charge is 0.306 e. The lowest BCUT2D eigenvalue weighted by Gasteiger charge is -2.18. The van der Waals surface area contributed by atoms with Gasteiger partial charge in [-0.25, -0.2) is 0 Å². The summed E-state index contributed by atoms with van der Waals surface area (Å²) in [5.74, 6) is -1.02. The summed E-state index contributed by atoms with van der Waals surface area (Å²) in [5, 5.41) is 0. The highest BCUT2D eigenvalue weighted by Gasteiger charge is 2.19. The van der Waals surface area contributed by atoms with Gasteiger partial charge < -0.3 is 14.2 Å². The third-order valence-electron chi connectivity index (χ3n) is 12.5. The number of ether oxygens (including phenoxy) is 3. The zero-order valence-electron chi connectivity index (χ0n) is 49.4. The molecule has 0 bridgehead atoms. The van der Waals surface area contributed by atoms with Crippen LogP contribution in [-0.2, 0) is 28.6 Å². The predicted molar refractivity (Wildman–Crippen MR) is 334 cm³/mol. The van der Waals surface area contributed by atoms with Crippen LogP contribution in [0, 0.1) is 0 Å². The molecule has 0 spiro atoms. The number of hydrogen-bond acceptors (Lipinski definition) is 6. The van der Waals surface area contributed by atoms with Crippen LogP contribution >= 0.6 is 0 Å². The Bertz CT molecular complexity index is 1740. The van der Waals surface area contributed by atoms with Gasteiger partial charge in [-0.1, -0.05) is 262 Å². The summed E-state index contributed by atoms with van der Waals surface area (Å²) in [6.07, 6.45) is 92.6. The molecule has 0 aromatic rings. The van der Waals surface area contributed by atoms with Gasteiger partial charge in [0, 0.05) is 19.3 Å². The summed E-state index contributed by atoms with van der Waals surface area (Å²) < 4.78 is 16.8. The lowest BCUT2D eigenvalue weighted by Crippen LogP contribution is -2.30. The Labute approximate surface area is 473 Å². The second-order valence-electron chi connectivity index (χ2n) is 19.8. The number of rotatable bonds is 54. The van der Waals surface area contributed by atoms with Crippen molar-refractivity contribution in [1.29, 1.82) is 0 Å². The molecule has 0 saturated heterocycles. The van der Waals surface area contributed by atoms with Crippen LogP contribution in [0.4, 0.5) is 0 Å². The van der Waals surface area contributed by atoms with Gasteiger partial charge in [0.2, 0.25) is 0 Å². The van der Waals surface area contributed by atoms with Gasteiger partial charge in [0.05, 0.1) is 0 Å². The molecule has 432 valence electrons. The minimum absolute atomic E-state index is 0.112. The zero-order valence-corrected chi connectivity index (χ0v) is 49.4. The van der Waals surface area contributed by atoms with Crippen LogP contribution in [0.25, 0.3) is 0 Å². The quantitative estimate of drug-likeness (QED) is 0.0261. The van der Waals surface area contributed by atoms with Crippen molar-refractivity contribution in [1.82, 2.24) is 0 Å². The fourth-order valence-corrected chi connectivity index (χ4v) is 8.00. The van der Waals surface area contributed by atoms with E-state index in [-0.39, 0.29) is 37.5 Å². The van der Waals surface area contributed by atoms with Crippen LogP contribution in [0.5, 0.6) is 0 Å². The molecule has 0 aromatic carbocycles. The molecule has 0 rings (SSSR count). The van der Waals surface area contributed by atoms with Gasteiger partial charge in [0.15, 0.2) is 6.10 Å². The number of esters is 3. The molecule has 6 nitrogen and oxygen atoms in total. The molecule has 0 radical (unpaired) electrons. The largest absolute Gasteiger partial charge is 0.462 e. The Balaban J connectivity index is 4.37. The van der Waals surface area contributed by atoms with E-state index < -0.39 is 6.10 Å². The fourth-order valence-electron chi connectivity index (χ4n) is 8.00. The summed E-state index contributed by atoms with van der Waals surface area (Å²) in [5.41, 5.74) is 0. The van der Waals surface area contributed by atoms with Crippen molar-refractivity contribution < 1.29 is 28.6 Å². The van der Waals surface area contributed by atoms with E-state index in [2.05, 4.69) is 167 Å². The van der Waals surface area contributed by atoms with E-state index >= 15 is 0 Å². The molecule has 0 amide bonds. The maximum absolute atomic E-state index is 12.9. The molecule has 0 heterocycles. The summed E-state index contributed by atoms with van der Waals surface area (Å²) in [7, 11) is 0. The van der Waals surface area contributed by atoms with Crippen LogP contribution in [-0.4, -0.2) is 37.2 Å². The van der Waals surface area contributed by atoms with Crippen molar-refractivity contribution in [3.63, 3.8) is 0 Å². The summed E-state index contributed by atoms with van der Waals surface area (Å²) in [6.45, 7) is 6.22. The van der Waals surface area contributed by atoms with Crippen molar-refractivity contribution in [3.05, 3.63) is 158 Å². The SMILES string of the molecule is CC/C=C\C/C=C\C/C=C\C/C=C\C/C=C\C/C=C\CCCCCCCCCCCCC(=O)OCC(COC(=O)CC/C=C\C/C=C\C/C=C\C/C=C\CC)OC(=O)CCCCCCCCC/C=C\C/C=C\C/C=C\CC. The standard InChI is InChI=1S/C71H112O6/c1-4-7-10-13-16-19-22-25-27-29-30-31-32-33-34-35-36-37-38-39-40-42-43-46-49-52-55-58-61-64-70(73)76-67-68(66-75-69(72)63-60-57-54-51-48-45-24-21-18-15-12-9-6-3)77-71(74)65-62-59-56-53-50-47-44-41-28-26-23-20-17-14-11-8-5-2/h7-12,16-21,25-28,30-31,33-34,36-37,45,48,54,57,68H,4-6,13-15,22-24,29,32,35,38-44,46-47,49-53,55-56,58-67H2,1-3H3/b10-7-,11-8-,12-9-,19-16-,20-17-,21-18-,27-25-,28-26-,31-30-,34-33-,37-36-,48-45-,57-54-. The maximum atomic E-state index is 12.9. The van der Waals surface area contributed by atoms with Crippen LogP contribution in [0.3, 0.4) is 0 Å². The van der Waals surface area contributed by atoms with Crippen molar-refractivity contribution in [2.45, 2.75) is 258 Å². The minimum Gasteiger partial charge on any atom is -0.462 e. The van der Waals surface area contributed by atoms with Crippen molar-refractivity contribution in [3.8, 4) is 0 Å². The molecule has 77 heavy (non-hydrogen) atoms. The average Bonchev–Trinajstić information content (AvgIpc) is 3.43. The zero-order chi connectivity index (χ0) is 55.7. The molecule has 0 aromatic heterocycles. The Morgan fingerprint density at radius 1 is 0.260 bits per heavy atom. The first-order valence-corrected chi connectivity index (χ1v) is 31.0. The van der Waals surface area contributed by atoms with Gasteiger partial charge in [-0.3, -0.25) is 14.4 Å². The summed E-state index contributed by atoms with van der Waals surface area (Å²) in [6, 6.07) is 0. The molecule has 1 unspecified atom stereocenters. The van der Waals surface area contributed by atoms with Gasteiger partial charge in [-0.2, -0.15) is 0 Å². The van der Waals surface area contributed by atoms with Gasteiger partial charge >= 0.3 is 17.9 Å². The second-order valence-corrected chi connectivity index (χ2v) is 19.8. The molecule has 0 saturated carbocycles. The Hall–Kier alpha value is -4.97. The molecule has 0 aliphatic carbocycles. The van der Waals surface area contributed by atoms with Crippen molar-refractivity contribution >= 4 is 17.9 Å². The third kappa shape index (κ3) is 61.8. The minimum atomic E-state index is -0.822.